The number of hydrogen-bond acceptors (Lipinski definition) is 7. The van der Waals surface area contributed by atoms with Crippen LogP contribution in [0.5, 0.6) is 5.75 Å². The van der Waals surface area contributed by atoms with E-state index in [1.165, 1.54) is 38.5 Å². The minimum atomic E-state index is -0.435. The lowest BCUT2D eigenvalue weighted by Crippen LogP contribution is -2.45. The lowest BCUT2D eigenvalue weighted by atomic mass is 10.1. The Kier molecular flexibility index (Phi) is 15.2. The molecule has 0 radical (unpaired) electrons. The van der Waals surface area contributed by atoms with Crippen molar-refractivity contribution in [1.82, 2.24) is 14.6 Å². The van der Waals surface area contributed by atoms with Crippen LogP contribution in [0.15, 0.2) is 102 Å². The number of ether oxygens (including phenoxy) is 1. The zero-order chi connectivity index (χ0) is 38.3. The van der Waals surface area contributed by atoms with Gasteiger partial charge in [-0.05, 0) is 92.6 Å². The van der Waals surface area contributed by atoms with Crippen molar-refractivity contribution in [1.29, 1.82) is 0 Å². The summed E-state index contributed by atoms with van der Waals surface area (Å²) in [4.78, 5) is 51.9. The summed E-state index contributed by atoms with van der Waals surface area (Å²) in [6.07, 6.45) is 14.7. The van der Waals surface area contributed by atoms with Crippen LogP contribution in [0.25, 0.3) is 22.2 Å². The quantitative estimate of drug-likeness (QED) is 0.0594. The monoisotopic (exact) mass is 751 g/mol. The van der Waals surface area contributed by atoms with Gasteiger partial charge >= 0.3 is 0 Å². The number of hydrogen-bond donors (Lipinski definition) is 4. The Labute approximate surface area is 322 Å². The average Bonchev–Trinajstić information content (AvgIpc) is 4.13. The highest BCUT2D eigenvalue weighted by atomic mass is 32.2. The third kappa shape index (κ3) is 12.3. The SMILES string of the molecule is CCCCC/C=C\[C@@H]1C[C@@H]1C(=O)NSC1CC1.COc1ccc2c(=O)cc(-c3ccccc3)[nH]c2c1.NC(=O)[C@@H]1CCCN1C(=O)CNc1ccccc1. The molecule has 7 rings (SSSR count). The molecule has 0 unspecified atom stereocenters. The topological polar surface area (TPSA) is 147 Å². The summed E-state index contributed by atoms with van der Waals surface area (Å²) < 4.78 is 8.18. The van der Waals surface area contributed by atoms with Crippen LogP contribution in [0, 0.1) is 11.8 Å². The molecule has 0 spiro atoms. The maximum atomic E-state index is 12.1. The van der Waals surface area contributed by atoms with E-state index < -0.39 is 11.9 Å². The second kappa shape index (κ2) is 20.4. The van der Waals surface area contributed by atoms with Gasteiger partial charge in [-0.3, -0.25) is 23.9 Å². The zero-order valence-electron chi connectivity index (χ0n) is 31.3. The molecule has 1 saturated heterocycles. The first kappa shape index (κ1) is 40.2. The number of allylic oxidation sites excluding steroid dienone is 2. The number of primary amides is 1. The van der Waals surface area contributed by atoms with E-state index in [0.29, 0.717) is 29.5 Å². The summed E-state index contributed by atoms with van der Waals surface area (Å²) in [5.41, 5.74) is 8.76. The van der Waals surface area contributed by atoms with E-state index in [9.17, 15) is 19.2 Å². The first-order valence-corrected chi connectivity index (χ1v) is 19.9. The number of anilines is 1. The van der Waals surface area contributed by atoms with Crippen LogP contribution < -0.4 is 25.9 Å². The fraction of sp³-hybridized carbons (Fsp3) is 0.395. The van der Waals surface area contributed by atoms with Crippen LogP contribution in [0.4, 0.5) is 5.69 Å². The van der Waals surface area contributed by atoms with E-state index >= 15 is 0 Å². The zero-order valence-corrected chi connectivity index (χ0v) is 32.1. The normalized spacial score (nSPS) is 18.6. The number of carbonyl (C=O) groups is 3. The van der Waals surface area contributed by atoms with Crippen molar-refractivity contribution in [3.63, 3.8) is 0 Å². The number of nitrogens with zero attached hydrogens (tertiary/aromatic N) is 1. The molecule has 3 aliphatic rings. The maximum Gasteiger partial charge on any atom is 0.242 e. The highest BCUT2D eigenvalue weighted by molar-refractivity contribution is 7.98. The largest absolute Gasteiger partial charge is 0.497 e. The second-order valence-corrected chi connectivity index (χ2v) is 15.0. The Morgan fingerprint density at radius 3 is 2.41 bits per heavy atom. The predicted octanol–water partition coefficient (Wildman–Crippen LogP) is 7.46. The lowest BCUT2D eigenvalue weighted by Gasteiger charge is -2.22. The molecule has 2 saturated carbocycles. The molecule has 4 aromatic rings. The van der Waals surface area contributed by atoms with Gasteiger partial charge < -0.3 is 25.7 Å². The molecule has 3 fully saturated rings. The van der Waals surface area contributed by atoms with Gasteiger partial charge in [0.2, 0.25) is 17.7 Å². The van der Waals surface area contributed by atoms with Gasteiger partial charge in [0.05, 0.1) is 19.2 Å². The Morgan fingerprint density at radius 1 is 0.981 bits per heavy atom. The van der Waals surface area contributed by atoms with E-state index in [0.717, 1.165) is 41.1 Å². The number of aromatic nitrogens is 1. The minimum absolute atomic E-state index is 0.00950. The molecule has 3 aromatic carbocycles. The fourth-order valence-electron chi connectivity index (χ4n) is 6.24. The van der Waals surface area contributed by atoms with Crippen LogP contribution >= 0.6 is 11.9 Å². The Morgan fingerprint density at radius 2 is 1.72 bits per heavy atom. The summed E-state index contributed by atoms with van der Waals surface area (Å²) >= 11 is 1.63. The highest BCUT2D eigenvalue weighted by Gasteiger charge is 2.41. The van der Waals surface area contributed by atoms with Gasteiger partial charge in [-0.15, -0.1) is 0 Å². The van der Waals surface area contributed by atoms with Crippen molar-refractivity contribution in [2.45, 2.75) is 76.0 Å². The van der Waals surface area contributed by atoms with Gasteiger partial charge in [0.25, 0.3) is 0 Å². The number of benzene rings is 3. The first-order chi connectivity index (χ1) is 26.3. The van der Waals surface area contributed by atoms with E-state index in [-0.39, 0.29) is 29.7 Å². The van der Waals surface area contributed by atoms with Gasteiger partial charge in [0.15, 0.2) is 5.43 Å². The van der Waals surface area contributed by atoms with Crippen LogP contribution in [-0.4, -0.2) is 59.1 Å². The maximum absolute atomic E-state index is 12.1. The van der Waals surface area contributed by atoms with Crippen LogP contribution in [0.3, 0.4) is 0 Å². The number of para-hydroxylation sites is 1. The molecule has 1 aliphatic heterocycles. The first-order valence-electron chi connectivity index (χ1n) is 19.0. The molecule has 5 N–H and O–H groups in total. The van der Waals surface area contributed by atoms with Gasteiger partial charge in [0, 0.05) is 46.6 Å². The number of carbonyl (C=O) groups excluding carboxylic acids is 3. The van der Waals surface area contributed by atoms with Gasteiger partial charge in [-0.25, -0.2) is 0 Å². The summed E-state index contributed by atoms with van der Waals surface area (Å²) in [5.74, 6) is 1.28. The number of nitrogens with two attached hydrogens (primary N) is 1. The van der Waals surface area contributed by atoms with Crippen LogP contribution in [0.1, 0.15) is 64.7 Å². The third-order valence-corrected chi connectivity index (χ3v) is 10.7. The standard InChI is InChI=1S/C16H13NO2.C14H23NOS.C13H17N3O2/c1-19-12-7-8-13-15(9-12)17-14(10-16(13)18)11-5-3-2-4-6-11;1-2-3-4-5-6-7-11-10-13(11)14(16)15-17-12-8-9-12;14-13(18)11-7-4-8-16(11)12(17)9-15-10-5-2-1-3-6-10/h2-10H,1H3,(H,17,18);6-7,11-13H,2-5,8-10H2,1H3,(H,15,16);1-3,5-6,11,15H,4,7-9H2,(H2,14,18)/b;7-6-;/t;11-,13+;11-/m.10/s1. The van der Waals surface area contributed by atoms with Gasteiger partial charge in [-0.1, -0.05) is 80.4 Å². The Hall–Kier alpha value is -5.03. The highest BCUT2D eigenvalue weighted by Crippen LogP contribution is 2.41. The average molecular weight is 752 g/mol. The number of aromatic amines is 1. The van der Waals surface area contributed by atoms with Gasteiger partial charge in [-0.2, -0.15) is 0 Å². The number of methoxy groups -OCH3 is 1. The van der Waals surface area contributed by atoms with E-state index in [1.54, 1.807) is 42.2 Å². The molecule has 286 valence electrons. The number of unbranched alkanes of at least 4 members (excludes halogenated alkanes) is 3. The number of H-pyrrole nitrogens is 1. The number of likely N-dealkylation sites (tertiary alicyclic amines) is 1. The molecule has 11 heteroatoms. The molecule has 0 bridgehead atoms. The molecule has 3 atom stereocenters. The van der Waals surface area contributed by atoms with Crippen LogP contribution in [0.2, 0.25) is 0 Å². The summed E-state index contributed by atoms with van der Waals surface area (Å²) in [6.45, 7) is 3.03. The third-order valence-electron chi connectivity index (χ3n) is 9.63. The van der Waals surface area contributed by atoms with Crippen molar-refractivity contribution in [2.75, 3.05) is 25.5 Å². The molecule has 1 aromatic heterocycles. The van der Waals surface area contributed by atoms with Crippen LogP contribution in [-0.2, 0) is 14.4 Å². The van der Waals surface area contributed by atoms with Crippen molar-refractivity contribution in [3.8, 4) is 17.0 Å². The molecule has 54 heavy (non-hydrogen) atoms. The Balaban J connectivity index is 0.000000156. The van der Waals surface area contributed by atoms with E-state index in [4.69, 9.17) is 10.5 Å². The molecule has 3 amide bonds. The second-order valence-electron chi connectivity index (χ2n) is 13.9. The molecule has 2 aliphatic carbocycles. The lowest BCUT2D eigenvalue weighted by molar-refractivity contribution is -0.135. The number of nitrogens with one attached hydrogen (secondary N) is 3. The summed E-state index contributed by atoms with van der Waals surface area (Å²) in [7, 11) is 1.61. The Bertz CT molecular complexity index is 1910. The summed E-state index contributed by atoms with van der Waals surface area (Å²) in [5, 5.41) is 4.41. The smallest absolute Gasteiger partial charge is 0.242 e. The number of rotatable bonds is 14. The predicted molar refractivity (Wildman–Crippen MR) is 219 cm³/mol. The minimum Gasteiger partial charge on any atom is -0.497 e. The fourth-order valence-corrected chi connectivity index (χ4v) is 7.05. The number of fused-ring (bicyclic) bond motifs is 1. The van der Waals surface area contributed by atoms with Crippen molar-refractivity contribution in [3.05, 3.63) is 107 Å². The molecular weight excluding hydrogens is 699 g/mol. The van der Waals surface area contributed by atoms with E-state index in [1.807, 2.05) is 66.7 Å². The molecule has 2 heterocycles. The number of pyridine rings is 1. The number of amides is 3. The van der Waals surface area contributed by atoms with E-state index in [2.05, 4.69) is 34.1 Å². The van der Waals surface area contributed by atoms with Crippen molar-refractivity contribution < 1.29 is 19.1 Å². The van der Waals surface area contributed by atoms with Crippen molar-refractivity contribution in [2.24, 2.45) is 17.6 Å². The molecule has 10 nitrogen and oxygen atoms in total. The van der Waals surface area contributed by atoms with Gasteiger partial charge in [0.1, 0.15) is 11.8 Å². The molecular formula is C43H53N5O5S. The van der Waals surface area contributed by atoms with Crippen molar-refractivity contribution >= 4 is 46.3 Å². The summed E-state index contributed by atoms with van der Waals surface area (Å²) in [6, 6.07) is 25.9.